The van der Waals surface area contributed by atoms with Gasteiger partial charge in [-0.05, 0) is 55.7 Å². The number of carbonyl (C=O) groups is 2. The Labute approximate surface area is 187 Å². The van der Waals surface area contributed by atoms with E-state index in [0.29, 0.717) is 36.2 Å². The molecule has 164 valence electrons. The third-order valence-corrected chi connectivity index (χ3v) is 5.38. The second kappa shape index (κ2) is 10.9. The summed E-state index contributed by atoms with van der Waals surface area (Å²) >= 11 is 6.28. The van der Waals surface area contributed by atoms with Gasteiger partial charge in [0.05, 0.1) is 24.7 Å². The maximum Gasteiger partial charge on any atom is 0.246 e. The van der Waals surface area contributed by atoms with Crippen LogP contribution in [-0.4, -0.2) is 43.5 Å². The van der Waals surface area contributed by atoms with Crippen molar-refractivity contribution in [2.75, 3.05) is 32.1 Å². The Kier molecular flexibility index (Phi) is 7.95. The van der Waals surface area contributed by atoms with Crippen molar-refractivity contribution in [1.82, 2.24) is 4.90 Å². The van der Waals surface area contributed by atoms with Crippen LogP contribution in [0.1, 0.15) is 25.3 Å². The van der Waals surface area contributed by atoms with E-state index in [9.17, 15) is 9.59 Å². The summed E-state index contributed by atoms with van der Waals surface area (Å²) in [6.07, 6.45) is 4.75. The van der Waals surface area contributed by atoms with Crippen molar-refractivity contribution in [3.05, 3.63) is 59.1 Å². The number of amides is 2. The molecule has 2 aromatic rings. The highest BCUT2D eigenvalue weighted by Gasteiger charge is 2.27. The highest BCUT2D eigenvalue weighted by molar-refractivity contribution is 6.32. The first-order valence-corrected chi connectivity index (χ1v) is 10.7. The molecule has 2 aromatic carbocycles. The first-order valence-electron chi connectivity index (χ1n) is 10.3. The molecule has 1 N–H and O–H groups in total. The number of halogens is 1. The Hall–Kier alpha value is -2.99. The Balaban J connectivity index is 1.64. The molecule has 3 rings (SSSR count). The van der Waals surface area contributed by atoms with E-state index in [0.717, 1.165) is 24.1 Å². The Morgan fingerprint density at radius 3 is 2.74 bits per heavy atom. The summed E-state index contributed by atoms with van der Waals surface area (Å²) in [7, 11) is 1.53. The summed E-state index contributed by atoms with van der Waals surface area (Å²) in [6, 6.07) is 12.9. The van der Waals surface area contributed by atoms with Gasteiger partial charge in [-0.15, -0.1) is 0 Å². The smallest absolute Gasteiger partial charge is 0.246 e. The summed E-state index contributed by atoms with van der Waals surface area (Å²) in [5, 5.41) is 3.34. The highest BCUT2D eigenvalue weighted by Crippen LogP contribution is 2.36. The van der Waals surface area contributed by atoms with E-state index < -0.39 is 0 Å². The first-order chi connectivity index (χ1) is 15.0. The first kappa shape index (κ1) is 22.7. The van der Waals surface area contributed by atoms with Crippen molar-refractivity contribution in [3.8, 4) is 11.5 Å². The fourth-order valence-electron chi connectivity index (χ4n) is 3.58. The summed E-state index contributed by atoms with van der Waals surface area (Å²) in [6.45, 7) is 3.38. The zero-order valence-corrected chi connectivity index (χ0v) is 18.5. The minimum atomic E-state index is -0.230. The molecule has 1 aliphatic rings. The molecule has 31 heavy (non-hydrogen) atoms. The van der Waals surface area contributed by atoms with E-state index in [1.54, 1.807) is 23.1 Å². The maximum atomic E-state index is 12.7. The van der Waals surface area contributed by atoms with Gasteiger partial charge >= 0.3 is 0 Å². The number of ether oxygens (including phenoxy) is 2. The molecule has 1 fully saturated rings. The lowest BCUT2D eigenvalue weighted by Crippen LogP contribution is -2.43. The molecule has 0 saturated carbocycles. The van der Waals surface area contributed by atoms with Crippen LogP contribution in [0.5, 0.6) is 11.5 Å². The molecule has 0 spiro atoms. The van der Waals surface area contributed by atoms with Crippen LogP contribution >= 0.6 is 11.6 Å². The van der Waals surface area contributed by atoms with Crippen LogP contribution in [0, 0.1) is 5.92 Å². The number of para-hydroxylation sites is 1. The largest absolute Gasteiger partial charge is 0.491 e. The second-order valence-corrected chi connectivity index (χ2v) is 7.69. The van der Waals surface area contributed by atoms with Crippen molar-refractivity contribution in [2.45, 2.75) is 19.8 Å². The molecule has 1 unspecified atom stereocenters. The number of piperidine rings is 1. The van der Waals surface area contributed by atoms with Gasteiger partial charge < -0.3 is 19.7 Å². The van der Waals surface area contributed by atoms with Gasteiger partial charge in [0.15, 0.2) is 11.5 Å². The number of anilines is 1. The predicted octanol–water partition coefficient (Wildman–Crippen LogP) is 4.64. The fourth-order valence-corrected chi connectivity index (χ4v) is 3.87. The number of hydrogen-bond acceptors (Lipinski definition) is 4. The van der Waals surface area contributed by atoms with E-state index >= 15 is 0 Å². The lowest BCUT2D eigenvalue weighted by molar-refractivity contribution is -0.130. The molecule has 1 saturated heterocycles. The molecule has 6 nitrogen and oxygen atoms in total. The van der Waals surface area contributed by atoms with E-state index in [2.05, 4.69) is 5.32 Å². The molecule has 0 aromatic heterocycles. The van der Waals surface area contributed by atoms with E-state index in [1.165, 1.54) is 13.2 Å². The third-order valence-electron chi connectivity index (χ3n) is 5.10. The van der Waals surface area contributed by atoms with Crippen molar-refractivity contribution < 1.29 is 19.1 Å². The van der Waals surface area contributed by atoms with E-state index in [1.807, 2.05) is 37.3 Å². The number of likely N-dealkylation sites (tertiary alicyclic amines) is 1. The molecule has 0 radical (unpaired) electrons. The molecule has 1 atom stereocenters. The van der Waals surface area contributed by atoms with Crippen molar-refractivity contribution in [2.24, 2.45) is 5.92 Å². The van der Waals surface area contributed by atoms with Crippen LogP contribution in [0.4, 0.5) is 5.69 Å². The molecule has 1 aliphatic heterocycles. The second-order valence-electron chi connectivity index (χ2n) is 7.28. The predicted molar refractivity (Wildman–Crippen MR) is 123 cm³/mol. The van der Waals surface area contributed by atoms with Gasteiger partial charge in [0.2, 0.25) is 11.8 Å². The summed E-state index contributed by atoms with van der Waals surface area (Å²) in [4.78, 5) is 27.1. The van der Waals surface area contributed by atoms with Gasteiger partial charge in [-0.25, -0.2) is 0 Å². The van der Waals surface area contributed by atoms with Gasteiger partial charge in [-0.2, -0.15) is 0 Å². The standard InChI is InChI=1S/C24H27ClN2O4/c1-3-31-21-15-17(14-20(25)23(21)30-2)11-12-22(28)27-13-7-8-18(16-27)24(29)26-19-9-5-4-6-10-19/h4-6,9-12,14-15,18H,3,7-8,13,16H2,1-2H3,(H,26,29)/b12-11+. The topological polar surface area (TPSA) is 67.9 Å². The molecule has 0 aliphatic carbocycles. The molecule has 1 heterocycles. The van der Waals surface area contributed by atoms with Crippen molar-refractivity contribution in [1.29, 1.82) is 0 Å². The van der Waals surface area contributed by atoms with Gasteiger partial charge in [0.25, 0.3) is 0 Å². The van der Waals surface area contributed by atoms with Crippen molar-refractivity contribution >= 4 is 35.2 Å². The molecule has 2 amide bonds. The number of hydrogen-bond donors (Lipinski definition) is 1. The number of carbonyl (C=O) groups excluding carboxylic acids is 2. The number of nitrogens with zero attached hydrogens (tertiary/aromatic N) is 1. The summed E-state index contributed by atoms with van der Waals surface area (Å²) < 4.78 is 10.9. The van der Waals surface area contributed by atoms with Crippen LogP contribution in [0.25, 0.3) is 6.08 Å². The van der Waals surface area contributed by atoms with E-state index in [-0.39, 0.29) is 17.7 Å². The maximum absolute atomic E-state index is 12.7. The minimum absolute atomic E-state index is 0.0593. The van der Waals surface area contributed by atoms with Crippen LogP contribution in [0.2, 0.25) is 5.02 Å². The van der Waals surface area contributed by atoms with Gasteiger partial charge in [-0.3, -0.25) is 9.59 Å². The third kappa shape index (κ3) is 6.01. The average molecular weight is 443 g/mol. The summed E-state index contributed by atoms with van der Waals surface area (Å²) in [5.74, 6) is 0.569. The van der Waals surface area contributed by atoms with Crippen molar-refractivity contribution in [3.63, 3.8) is 0 Å². The fraction of sp³-hybridized carbons (Fsp3) is 0.333. The monoisotopic (exact) mass is 442 g/mol. The van der Waals surface area contributed by atoms with Gasteiger partial charge in [0, 0.05) is 24.9 Å². The lowest BCUT2D eigenvalue weighted by Gasteiger charge is -2.31. The van der Waals surface area contributed by atoms with Gasteiger partial charge in [-0.1, -0.05) is 29.8 Å². The summed E-state index contributed by atoms with van der Waals surface area (Å²) in [5.41, 5.74) is 1.50. The van der Waals surface area contributed by atoms with Crippen LogP contribution < -0.4 is 14.8 Å². The Morgan fingerprint density at radius 1 is 1.26 bits per heavy atom. The normalized spacial score (nSPS) is 16.2. The van der Waals surface area contributed by atoms with Crippen LogP contribution in [-0.2, 0) is 9.59 Å². The number of methoxy groups -OCH3 is 1. The van der Waals surface area contributed by atoms with Crippen LogP contribution in [0.15, 0.2) is 48.5 Å². The van der Waals surface area contributed by atoms with E-state index in [4.69, 9.17) is 21.1 Å². The average Bonchev–Trinajstić information content (AvgIpc) is 2.78. The molecule has 7 heteroatoms. The SMILES string of the molecule is CCOc1cc(/C=C/C(=O)N2CCCC(C(=O)Nc3ccccc3)C2)cc(Cl)c1OC. The zero-order valence-electron chi connectivity index (χ0n) is 17.8. The lowest BCUT2D eigenvalue weighted by atomic mass is 9.97. The molecule has 0 bridgehead atoms. The quantitative estimate of drug-likeness (QED) is 0.634. The highest BCUT2D eigenvalue weighted by atomic mass is 35.5. The molecular formula is C24H27ClN2O4. The number of nitrogens with one attached hydrogen (secondary N) is 1. The van der Waals surface area contributed by atoms with Gasteiger partial charge in [0.1, 0.15) is 0 Å². The number of rotatable bonds is 7. The Morgan fingerprint density at radius 2 is 2.03 bits per heavy atom. The zero-order chi connectivity index (χ0) is 22.2. The minimum Gasteiger partial charge on any atom is -0.491 e. The Bertz CT molecular complexity index is 946. The van der Waals surface area contributed by atoms with Crippen LogP contribution in [0.3, 0.4) is 0 Å². The number of benzene rings is 2. The molecular weight excluding hydrogens is 416 g/mol.